The van der Waals surface area contributed by atoms with Crippen LogP contribution in [0.4, 0.5) is 4.79 Å². The Hall–Kier alpha value is -1.26. The Bertz CT molecular complexity index is 280. The van der Waals surface area contributed by atoms with E-state index in [1.807, 2.05) is 6.92 Å². The molecule has 0 rings (SSSR count). The predicted molar refractivity (Wildman–Crippen MR) is 76.1 cm³/mol. The SMILES string of the molecule is CCC(CNC(=O)NC(C)CCCC(C)C)C(=O)O. The van der Waals surface area contributed by atoms with Crippen LogP contribution in [0.15, 0.2) is 0 Å². The first-order valence-corrected chi connectivity index (χ1v) is 7.13. The number of hydrogen-bond acceptors (Lipinski definition) is 2. The van der Waals surface area contributed by atoms with Crippen molar-refractivity contribution in [3.63, 3.8) is 0 Å². The van der Waals surface area contributed by atoms with Gasteiger partial charge >= 0.3 is 12.0 Å². The summed E-state index contributed by atoms with van der Waals surface area (Å²) in [5.41, 5.74) is 0. The number of aliphatic carboxylic acids is 1. The predicted octanol–water partition coefficient (Wildman–Crippen LogP) is 2.61. The van der Waals surface area contributed by atoms with Gasteiger partial charge in [-0.3, -0.25) is 4.79 Å². The van der Waals surface area contributed by atoms with E-state index in [1.54, 1.807) is 6.92 Å². The maximum Gasteiger partial charge on any atom is 0.315 e. The minimum absolute atomic E-state index is 0.114. The van der Waals surface area contributed by atoms with Crippen LogP contribution in [0.25, 0.3) is 0 Å². The Morgan fingerprint density at radius 3 is 2.26 bits per heavy atom. The first-order valence-electron chi connectivity index (χ1n) is 7.13. The molecule has 5 heteroatoms. The van der Waals surface area contributed by atoms with Crippen LogP contribution >= 0.6 is 0 Å². The molecule has 0 radical (unpaired) electrons. The summed E-state index contributed by atoms with van der Waals surface area (Å²) >= 11 is 0. The van der Waals surface area contributed by atoms with Crippen molar-refractivity contribution >= 4 is 12.0 Å². The highest BCUT2D eigenvalue weighted by Crippen LogP contribution is 2.08. The quantitative estimate of drug-likeness (QED) is 0.603. The number of urea groups is 1. The van der Waals surface area contributed by atoms with E-state index in [2.05, 4.69) is 24.5 Å². The van der Waals surface area contributed by atoms with Gasteiger partial charge in [0.2, 0.25) is 0 Å². The Morgan fingerprint density at radius 1 is 1.16 bits per heavy atom. The van der Waals surface area contributed by atoms with Gasteiger partial charge in [0.15, 0.2) is 0 Å². The Morgan fingerprint density at radius 2 is 1.79 bits per heavy atom. The van der Waals surface area contributed by atoms with Gasteiger partial charge in [-0.2, -0.15) is 0 Å². The third-order valence-corrected chi connectivity index (χ3v) is 3.15. The standard InChI is InChI=1S/C14H28N2O3/c1-5-12(13(17)18)9-15-14(19)16-11(4)8-6-7-10(2)3/h10-12H,5-9H2,1-4H3,(H,17,18)(H2,15,16,19). The summed E-state index contributed by atoms with van der Waals surface area (Å²) in [7, 11) is 0. The molecule has 0 spiro atoms. The molecule has 0 fully saturated rings. The number of carboxylic acid groups (broad SMARTS) is 1. The largest absolute Gasteiger partial charge is 0.481 e. The van der Waals surface area contributed by atoms with E-state index < -0.39 is 11.9 Å². The van der Waals surface area contributed by atoms with Crippen LogP contribution in [-0.4, -0.2) is 29.7 Å². The molecule has 2 unspecified atom stereocenters. The molecule has 0 saturated carbocycles. The summed E-state index contributed by atoms with van der Waals surface area (Å²) < 4.78 is 0. The Kier molecular flexibility index (Phi) is 9.00. The first-order chi connectivity index (χ1) is 8.86. The van der Waals surface area contributed by atoms with E-state index in [-0.39, 0.29) is 18.6 Å². The van der Waals surface area contributed by atoms with Gasteiger partial charge in [-0.1, -0.05) is 33.6 Å². The molecule has 19 heavy (non-hydrogen) atoms. The molecule has 5 nitrogen and oxygen atoms in total. The van der Waals surface area contributed by atoms with Crippen LogP contribution in [0.5, 0.6) is 0 Å². The van der Waals surface area contributed by atoms with E-state index >= 15 is 0 Å². The fourth-order valence-electron chi connectivity index (χ4n) is 1.80. The highest BCUT2D eigenvalue weighted by Gasteiger charge is 2.16. The lowest BCUT2D eigenvalue weighted by atomic mass is 10.0. The van der Waals surface area contributed by atoms with Crippen LogP contribution in [0.2, 0.25) is 0 Å². The number of carbonyl (C=O) groups is 2. The lowest BCUT2D eigenvalue weighted by Crippen LogP contribution is -2.43. The lowest BCUT2D eigenvalue weighted by molar-refractivity contribution is -0.141. The summed E-state index contributed by atoms with van der Waals surface area (Å²) in [6, 6.07) is -0.166. The monoisotopic (exact) mass is 272 g/mol. The van der Waals surface area contributed by atoms with Gasteiger partial charge in [0.1, 0.15) is 0 Å². The van der Waals surface area contributed by atoms with Crippen LogP contribution in [0, 0.1) is 11.8 Å². The lowest BCUT2D eigenvalue weighted by Gasteiger charge is -2.16. The summed E-state index contributed by atoms with van der Waals surface area (Å²) in [6.07, 6.45) is 3.71. The van der Waals surface area contributed by atoms with Gasteiger partial charge in [-0.15, -0.1) is 0 Å². The molecule has 0 aromatic carbocycles. The molecule has 0 aliphatic carbocycles. The van der Waals surface area contributed by atoms with E-state index in [4.69, 9.17) is 5.11 Å². The highest BCUT2D eigenvalue weighted by molar-refractivity contribution is 5.76. The average molecular weight is 272 g/mol. The maximum atomic E-state index is 11.6. The zero-order chi connectivity index (χ0) is 14.8. The van der Waals surface area contributed by atoms with Crippen molar-refractivity contribution in [1.29, 1.82) is 0 Å². The van der Waals surface area contributed by atoms with Crippen LogP contribution < -0.4 is 10.6 Å². The second-order valence-electron chi connectivity index (χ2n) is 5.52. The number of hydrogen-bond donors (Lipinski definition) is 3. The van der Waals surface area contributed by atoms with Crippen molar-refractivity contribution in [2.24, 2.45) is 11.8 Å². The minimum Gasteiger partial charge on any atom is -0.481 e. The molecule has 0 heterocycles. The smallest absolute Gasteiger partial charge is 0.315 e. The molecule has 0 aromatic heterocycles. The van der Waals surface area contributed by atoms with Crippen molar-refractivity contribution in [2.75, 3.05) is 6.54 Å². The normalized spacial score (nSPS) is 13.9. The van der Waals surface area contributed by atoms with Crippen molar-refractivity contribution < 1.29 is 14.7 Å². The highest BCUT2D eigenvalue weighted by atomic mass is 16.4. The molecule has 112 valence electrons. The van der Waals surface area contributed by atoms with Crippen LogP contribution in [-0.2, 0) is 4.79 Å². The fourth-order valence-corrected chi connectivity index (χ4v) is 1.80. The summed E-state index contributed by atoms with van der Waals surface area (Å²) in [5, 5.41) is 14.3. The van der Waals surface area contributed by atoms with Crippen LogP contribution in [0.1, 0.15) is 53.4 Å². The van der Waals surface area contributed by atoms with Gasteiger partial charge in [-0.25, -0.2) is 4.79 Å². The molecular formula is C14H28N2O3. The summed E-state index contributed by atoms with van der Waals surface area (Å²) in [6.45, 7) is 8.31. The minimum atomic E-state index is -0.868. The maximum absolute atomic E-state index is 11.6. The third-order valence-electron chi connectivity index (χ3n) is 3.15. The summed E-state index contributed by atoms with van der Waals surface area (Å²) in [4.78, 5) is 22.4. The molecular weight excluding hydrogens is 244 g/mol. The Balaban J connectivity index is 3.81. The molecule has 0 aliphatic heterocycles. The average Bonchev–Trinajstić information content (AvgIpc) is 2.28. The zero-order valence-electron chi connectivity index (χ0n) is 12.5. The van der Waals surface area contributed by atoms with Gasteiger partial charge < -0.3 is 15.7 Å². The van der Waals surface area contributed by atoms with Crippen LogP contribution in [0.3, 0.4) is 0 Å². The topological polar surface area (TPSA) is 78.4 Å². The van der Waals surface area contributed by atoms with Crippen molar-refractivity contribution in [3.8, 4) is 0 Å². The zero-order valence-corrected chi connectivity index (χ0v) is 12.5. The number of amides is 2. The number of rotatable bonds is 9. The number of nitrogens with one attached hydrogen (secondary N) is 2. The number of carbonyl (C=O) groups excluding carboxylic acids is 1. The van der Waals surface area contributed by atoms with Gasteiger partial charge in [0.25, 0.3) is 0 Å². The molecule has 2 amide bonds. The van der Waals surface area contributed by atoms with E-state index in [9.17, 15) is 9.59 Å². The second-order valence-corrected chi connectivity index (χ2v) is 5.52. The van der Waals surface area contributed by atoms with Gasteiger partial charge in [0.05, 0.1) is 5.92 Å². The second kappa shape index (κ2) is 9.64. The molecule has 0 aliphatic rings. The fraction of sp³-hybridized carbons (Fsp3) is 0.857. The molecule has 0 aromatic rings. The number of carboxylic acids is 1. The van der Waals surface area contributed by atoms with Gasteiger partial charge in [0, 0.05) is 12.6 Å². The van der Waals surface area contributed by atoms with E-state index in [0.717, 1.165) is 19.3 Å². The third kappa shape index (κ3) is 9.33. The van der Waals surface area contributed by atoms with Crippen molar-refractivity contribution in [1.82, 2.24) is 10.6 Å². The van der Waals surface area contributed by atoms with E-state index in [0.29, 0.717) is 12.3 Å². The first kappa shape index (κ1) is 17.7. The van der Waals surface area contributed by atoms with Crippen molar-refractivity contribution in [3.05, 3.63) is 0 Å². The molecule has 0 bridgehead atoms. The molecule has 3 N–H and O–H groups in total. The summed E-state index contributed by atoms with van der Waals surface area (Å²) in [5.74, 6) is -0.698. The van der Waals surface area contributed by atoms with E-state index in [1.165, 1.54) is 0 Å². The van der Waals surface area contributed by atoms with Gasteiger partial charge in [-0.05, 0) is 25.7 Å². The Labute approximate surface area is 116 Å². The molecule has 0 saturated heterocycles. The molecule has 2 atom stereocenters. The van der Waals surface area contributed by atoms with Crippen molar-refractivity contribution in [2.45, 2.75) is 59.4 Å².